The van der Waals surface area contributed by atoms with Crippen molar-refractivity contribution >= 4 is 18.3 Å². The summed E-state index contributed by atoms with van der Waals surface area (Å²) in [6, 6.07) is 11.6. The van der Waals surface area contributed by atoms with E-state index in [0.717, 1.165) is 12.8 Å². The topological polar surface area (TPSA) is 78.4 Å². The van der Waals surface area contributed by atoms with Gasteiger partial charge >= 0.3 is 0 Å². The Bertz CT molecular complexity index is 714. The van der Waals surface area contributed by atoms with Crippen LogP contribution in [0.15, 0.2) is 42.6 Å². The van der Waals surface area contributed by atoms with Gasteiger partial charge in [-0.05, 0) is 18.1 Å². The molecule has 1 aliphatic heterocycles. The minimum atomic E-state index is -0.203. The SMILES string of the molecule is O=CN1CCN(c2nccc(C(=O)NCCc3ccccc3)n2)CC1. The number of anilines is 1. The fourth-order valence-electron chi connectivity index (χ4n) is 2.71. The van der Waals surface area contributed by atoms with Crippen LogP contribution in [0.3, 0.4) is 0 Å². The number of nitrogens with zero attached hydrogens (tertiary/aromatic N) is 4. The largest absolute Gasteiger partial charge is 0.350 e. The second-order valence-corrected chi connectivity index (χ2v) is 5.86. The van der Waals surface area contributed by atoms with E-state index >= 15 is 0 Å². The maximum absolute atomic E-state index is 12.3. The molecule has 1 N–H and O–H groups in total. The normalized spacial score (nSPS) is 14.2. The van der Waals surface area contributed by atoms with Crippen molar-refractivity contribution in [1.82, 2.24) is 20.2 Å². The van der Waals surface area contributed by atoms with Crippen LogP contribution in [0.2, 0.25) is 0 Å². The number of amides is 2. The van der Waals surface area contributed by atoms with Crippen molar-refractivity contribution < 1.29 is 9.59 Å². The van der Waals surface area contributed by atoms with Gasteiger partial charge in [-0.25, -0.2) is 9.97 Å². The molecule has 130 valence electrons. The highest BCUT2D eigenvalue weighted by molar-refractivity contribution is 5.92. The van der Waals surface area contributed by atoms with Crippen molar-refractivity contribution in [1.29, 1.82) is 0 Å². The fourth-order valence-corrected chi connectivity index (χ4v) is 2.71. The van der Waals surface area contributed by atoms with Crippen molar-refractivity contribution in [3.05, 3.63) is 53.9 Å². The summed E-state index contributed by atoms with van der Waals surface area (Å²) in [5.41, 5.74) is 1.54. The van der Waals surface area contributed by atoms with Gasteiger partial charge in [0.2, 0.25) is 12.4 Å². The molecular formula is C18H21N5O2. The van der Waals surface area contributed by atoms with Crippen molar-refractivity contribution in [3.63, 3.8) is 0 Å². The second-order valence-electron chi connectivity index (χ2n) is 5.86. The molecular weight excluding hydrogens is 318 g/mol. The van der Waals surface area contributed by atoms with E-state index in [1.54, 1.807) is 17.2 Å². The van der Waals surface area contributed by atoms with Crippen LogP contribution in [0.4, 0.5) is 5.95 Å². The second kappa shape index (κ2) is 8.23. The van der Waals surface area contributed by atoms with Gasteiger partial charge in [-0.15, -0.1) is 0 Å². The average molecular weight is 339 g/mol. The number of benzene rings is 1. The van der Waals surface area contributed by atoms with E-state index in [1.807, 2.05) is 35.2 Å². The van der Waals surface area contributed by atoms with Crippen LogP contribution in [-0.2, 0) is 11.2 Å². The number of nitrogens with one attached hydrogen (secondary N) is 1. The first-order valence-corrected chi connectivity index (χ1v) is 8.36. The number of piperazine rings is 1. The molecule has 1 aromatic heterocycles. The lowest BCUT2D eigenvalue weighted by Crippen LogP contribution is -2.46. The molecule has 0 atom stereocenters. The minimum Gasteiger partial charge on any atom is -0.350 e. The van der Waals surface area contributed by atoms with Gasteiger partial charge in [0.1, 0.15) is 5.69 Å². The van der Waals surface area contributed by atoms with Gasteiger partial charge in [-0.2, -0.15) is 0 Å². The van der Waals surface area contributed by atoms with Crippen LogP contribution in [0, 0.1) is 0 Å². The number of hydrogen-bond acceptors (Lipinski definition) is 5. The van der Waals surface area contributed by atoms with Gasteiger partial charge in [0.05, 0.1) is 0 Å². The lowest BCUT2D eigenvalue weighted by atomic mass is 10.1. The van der Waals surface area contributed by atoms with Gasteiger partial charge < -0.3 is 15.1 Å². The summed E-state index contributed by atoms with van der Waals surface area (Å²) < 4.78 is 0. The number of carbonyl (C=O) groups is 2. The molecule has 0 aliphatic carbocycles. The highest BCUT2D eigenvalue weighted by Crippen LogP contribution is 2.10. The zero-order valence-corrected chi connectivity index (χ0v) is 14.0. The Balaban J connectivity index is 1.55. The molecule has 0 unspecified atom stereocenters. The van der Waals surface area contributed by atoms with Crippen molar-refractivity contribution in [2.24, 2.45) is 0 Å². The molecule has 7 nitrogen and oxygen atoms in total. The summed E-state index contributed by atoms with van der Waals surface area (Å²) in [5, 5.41) is 2.89. The Kier molecular flexibility index (Phi) is 5.56. The van der Waals surface area contributed by atoms with Crippen LogP contribution >= 0.6 is 0 Å². The van der Waals surface area contributed by atoms with E-state index in [0.29, 0.717) is 44.4 Å². The van der Waals surface area contributed by atoms with E-state index in [2.05, 4.69) is 15.3 Å². The van der Waals surface area contributed by atoms with Crippen LogP contribution in [0.5, 0.6) is 0 Å². The monoisotopic (exact) mass is 339 g/mol. The molecule has 2 aromatic rings. The molecule has 2 amide bonds. The summed E-state index contributed by atoms with van der Waals surface area (Å²) in [7, 11) is 0. The van der Waals surface area contributed by atoms with Gasteiger partial charge in [-0.3, -0.25) is 9.59 Å². The molecule has 7 heteroatoms. The molecule has 0 saturated carbocycles. The number of hydrogen-bond donors (Lipinski definition) is 1. The molecule has 0 spiro atoms. The van der Waals surface area contributed by atoms with Crippen molar-refractivity contribution in [2.75, 3.05) is 37.6 Å². The summed E-state index contributed by atoms with van der Waals surface area (Å²) in [6.45, 7) is 3.16. The highest BCUT2D eigenvalue weighted by atomic mass is 16.2. The lowest BCUT2D eigenvalue weighted by Gasteiger charge is -2.32. The zero-order valence-electron chi connectivity index (χ0n) is 14.0. The minimum absolute atomic E-state index is 0.203. The predicted molar refractivity (Wildman–Crippen MR) is 94.4 cm³/mol. The molecule has 0 radical (unpaired) electrons. The molecule has 0 bridgehead atoms. The summed E-state index contributed by atoms with van der Waals surface area (Å²) in [4.78, 5) is 35.4. The Labute approximate surface area is 146 Å². The maximum atomic E-state index is 12.3. The summed E-state index contributed by atoms with van der Waals surface area (Å²) >= 11 is 0. The van der Waals surface area contributed by atoms with Crippen LogP contribution in [0.25, 0.3) is 0 Å². The van der Waals surface area contributed by atoms with E-state index in [1.165, 1.54) is 5.56 Å². The van der Waals surface area contributed by atoms with Gasteiger partial charge in [0.15, 0.2) is 0 Å². The molecule has 25 heavy (non-hydrogen) atoms. The van der Waals surface area contributed by atoms with E-state index in [-0.39, 0.29) is 5.91 Å². The van der Waals surface area contributed by atoms with Gasteiger partial charge in [0.25, 0.3) is 5.91 Å². The summed E-state index contributed by atoms with van der Waals surface area (Å²) in [5.74, 6) is 0.326. The fraction of sp³-hybridized carbons (Fsp3) is 0.333. The molecule has 1 fully saturated rings. The van der Waals surface area contributed by atoms with Gasteiger partial charge in [-0.1, -0.05) is 30.3 Å². The van der Waals surface area contributed by atoms with E-state index < -0.39 is 0 Å². The Morgan fingerprint density at radius 2 is 1.88 bits per heavy atom. The number of aromatic nitrogens is 2. The molecule has 1 aromatic carbocycles. The van der Waals surface area contributed by atoms with Crippen molar-refractivity contribution in [3.8, 4) is 0 Å². The quantitative estimate of drug-likeness (QED) is 0.785. The van der Waals surface area contributed by atoms with Crippen molar-refractivity contribution in [2.45, 2.75) is 6.42 Å². The number of rotatable bonds is 6. The third kappa shape index (κ3) is 4.53. The maximum Gasteiger partial charge on any atom is 0.270 e. The highest BCUT2D eigenvalue weighted by Gasteiger charge is 2.19. The lowest BCUT2D eigenvalue weighted by molar-refractivity contribution is -0.118. The zero-order chi connectivity index (χ0) is 17.5. The van der Waals surface area contributed by atoms with E-state index in [9.17, 15) is 9.59 Å². The Hall–Kier alpha value is -2.96. The van der Waals surface area contributed by atoms with Crippen LogP contribution in [-0.4, -0.2) is 59.9 Å². The predicted octanol–water partition coefficient (Wildman–Crippen LogP) is 0.727. The first-order chi connectivity index (χ1) is 12.3. The molecule has 2 heterocycles. The summed E-state index contributed by atoms with van der Waals surface area (Å²) in [6.07, 6.45) is 3.23. The molecule has 3 rings (SSSR count). The first-order valence-electron chi connectivity index (χ1n) is 8.36. The Morgan fingerprint density at radius 1 is 1.12 bits per heavy atom. The third-order valence-electron chi connectivity index (χ3n) is 4.16. The number of carbonyl (C=O) groups excluding carboxylic acids is 2. The van der Waals surface area contributed by atoms with Crippen LogP contribution < -0.4 is 10.2 Å². The third-order valence-corrected chi connectivity index (χ3v) is 4.16. The molecule has 1 aliphatic rings. The first kappa shape index (κ1) is 16.9. The Morgan fingerprint density at radius 3 is 2.60 bits per heavy atom. The van der Waals surface area contributed by atoms with E-state index in [4.69, 9.17) is 0 Å². The molecule has 1 saturated heterocycles. The standard InChI is InChI=1S/C18H21N5O2/c24-14-22-10-12-23(13-11-22)18-20-9-7-16(21-18)17(25)19-8-6-15-4-2-1-3-5-15/h1-5,7,9,14H,6,8,10-13H2,(H,19,25). The van der Waals surface area contributed by atoms with Crippen LogP contribution in [0.1, 0.15) is 16.1 Å². The van der Waals surface area contributed by atoms with Gasteiger partial charge in [0, 0.05) is 38.9 Å². The smallest absolute Gasteiger partial charge is 0.270 e. The average Bonchev–Trinajstić information content (AvgIpc) is 2.69.